The smallest absolute Gasteiger partial charge is 0.416 e. The summed E-state index contributed by atoms with van der Waals surface area (Å²) in [6.07, 6.45) is 2.24. The second kappa shape index (κ2) is 13.8. The van der Waals surface area contributed by atoms with Crippen LogP contribution in [0.4, 0.5) is 24.8 Å². The van der Waals surface area contributed by atoms with Crippen molar-refractivity contribution in [1.29, 1.82) is 0 Å². The number of nitrogens with zero attached hydrogens (tertiary/aromatic N) is 9. The van der Waals surface area contributed by atoms with E-state index < -0.39 is 47.4 Å². The molecule has 0 bridgehead atoms. The summed E-state index contributed by atoms with van der Waals surface area (Å²) in [5.74, 6) is -0.454. The lowest BCUT2D eigenvalue weighted by Crippen LogP contribution is -2.47. The Morgan fingerprint density at radius 2 is 1.82 bits per heavy atom. The molecule has 1 saturated heterocycles. The maximum atomic E-state index is 14.5. The van der Waals surface area contributed by atoms with Crippen molar-refractivity contribution >= 4 is 46.4 Å². The van der Waals surface area contributed by atoms with Crippen LogP contribution < -0.4 is 15.8 Å². The van der Waals surface area contributed by atoms with Crippen LogP contribution in [0.2, 0.25) is 5.02 Å². The largest absolute Gasteiger partial charge is 0.505 e. The van der Waals surface area contributed by atoms with Gasteiger partial charge in [0.25, 0.3) is 11.5 Å². The number of ether oxygens (including phenoxy) is 1. The normalized spacial score (nSPS) is 18.1. The van der Waals surface area contributed by atoms with E-state index in [1.54, 1.807) is 25.4 Å². The summed E-state index contributed by atoms with van der Waals surface area (Å²) in [6.45, 7) is 2.68. The molecule has 8 rings (SSSR count). The second-order valence-electron chi connectivity index (χ2n) is 13.4. The van der Waals surface area contributed by atoms with E-state index in [1.807, 2.05) is 11.0 Å². The Morgan fingerprint density at radius 1 is 1.07 bits per heavy atom. The Bertz CT molecular complexity index is 2430. The van der Waals surface area contributed by atoms with Crippen molar-refractivity contribution in [2.24, 2.45) is 0 Å². The first-order valence-electron chi connectivity index (χ1n) is 17.4. The van der Waals surface area contributed by atoms with Gasteiger partial charge in [0.15, 0.2) is 11.5 Å². The minimum atomic E-state index is -4.63. The van der Waals surface area contributed by atoms with E-state index in [2.05, 4.69) is 25.4 Å². The Morgan fingerprint density at radius 3 is 2.49 bits per heavy atom. The SMILES string of the molecule is C[C@H]1OC2(CCN(C(=O)c3ncccc3O)CC2)c2c1n(CC(=O)Nc1ccc(C(F)(F)F)cc1Cl)c1nc(C3=CCN(c4ncccn4)CC3)nn1c2=O. The maximum Gasteiger partial charge on any atom is 0.416 e. The van der Waals surface area contributed by atoms with Gasteiger partial charge in [-0.25, -0.2) is 15.0 Å². The summed E-state index contributed by atoms with van der Waals surface area (Å²) >= 11 is 6.16. The molecule has 19 heteroatoms. The summed E-state index contributed by atoms with van der Waals surface area (Å²) in [4.78, 5) is 62.5. The highest BCUT2D eigenvalue weighted by molar-refractivity contribution is 6.33. The zero-order valence-electron chi connectivity index (χ0n) is 29.1. The number of benzene rings is 1. The highest BCUT2D eigenvalue weighted by atomic mass is 35.5. The Labute approximate surface area is 315 Å². The predicted octanol–water partition coefficient (Wildman–Crippen LogP) is 4.61. The van der Waals surface area contributed by atoms with E-state index in [0.717, 1.165) is 28.3 Å². The average Bonchev–Trinajstić information content (AvgIpc) is 3.74. The van der Waals surface area contributed by atoms with Crippen LogP contribution in [-0.2, 0) is 27.9 Å². The molecule has 1 aromatic carbocycles. The molecule has 55 heavy (non-hydrogen) atoms. The molecule has 0 unspecified atom stereocenters. The van der Waals surface area contributed by atoms with Crippen molar-refractivity contribution in [1.82, 2.24) is 39.0 Å². The molecule has 1 spiro atoms. The van der Waals surface area contributed by atoms with Crippen molar-refractivity contribution in [2.45, 2.75) is 50.6 Å². The quantitative estimate of drug-likeness (QED) is 0.247. The van der Waals surface area contributed by atoms with Crippen molar-refractivity contribution in [2.75, 3.05) is 36.4 Å². The van der Waals surface area contributed by atoms with E-state index in [1.165, 1.54) is 27.8 Å². The fraction of sp³-hybridized carbons (Fsp3) is 0.333. The summed E-state index contributed by atoms with van der Waals surface area (Å²) in [5.41, 5.74) is -1.33. The van der Waals surface area contributed by atoms with Crippen LogP contribution in [0.3, 0.4) is 0 Å². The zero-order chi connectivity index (χ0) is 38.6. The number of aromatic nitrogens is 7. The molecule has 3 aliphatic heterocycles. The summed E-state index contributed by atoms with van der Waals surface area (Å²) in [7, 11) is 0. The van der Waals surface area contributed by atoms with Gasteiger partial charge in [-0.3, -0.25) is 14.4 Å². The number of anilines is 2. The van der Waals surface area contributed by atoms with Gasteiger partial charge in [-0.15, -0.1) is 5.10 Å². The number of hydrogen-bond acceptors (Lipinski definition) is 11. The van der Waals surface area contributed by atoms with E-state index >= 15 is 0 Å². The monoisotopic (exact) mass is 776 g/mol. The number of nitrogens with one attached hydrogen (secondary N) is 1. The minimum Gasteiger partial charge on any atom is -0.505 e. The number of pyridine rings is 1. The van der Waals surface area contributed by atoms with Crippen LogP contribution in [0.15, 0.2) is 65.9 Å². The van der Waals surface area contributed by atoms with Gasteiger partial charge in [0.05, 0.1) is 33.6 Å². The van der Waals surface area contributed by atoms with E-state index in [0.29, 0.717) is 31.2 Å². The zero-order valence-corrected chi connectivity index (χ0v) is 29.9. The number of carbonyl (C=O) groups excluding carboxylic acids is 2. The molecule has 0 saturated carbocycles. The van der Waals surface area contributed by atoms with Crippen LogP contribution in [-0.4, -0.2) is 82.1 Å². The van der Waals surface area contributed by atoms with Crippen LogP contribution in [0.5, 0.6) is 5.75 Å². The van der Waals surface area contributed by atoms with Crippen molar-refractivity contribution in [3.05, 3.63) is 105 Å². The third kappa shape index (κ3) is 6.54. The maximum absolute atomic E-state index is 14.5. The van der Waals surface area contributed by atoms with Gasteiger partial charge in [-0.1, -0.05) is 17.7 Å². The Hall–Kier alpha value is -5.88. The molecule has 1 atom stereocenters. The molecule has 284 valence electrons. The average molecular weight is 777 g/mol. The third-order valence-corrected chi connectivity index (χ3v) is 10.4. The fourth-order valence-corrected chi connectivity index (χ4v) is 7.68. The summed E-state index contributed by atoms with van der Waals surface area (Å²) in [5, 5.41) is 17.2. The van der Waals surface area contributed by atoms with Crippen molar-refractivity contribution < 1.29 is 32.6 Å². The number of hydrogen-bond donors (Lipinski definition) is 2. The Balaban J connectivity index is 1.16. The summed E-state index contributed by atoms with van der Waals surface area (Å²) in [6, 6.07) is 7.24. The topological polar surface area (TPSA) is 173 Å². The highest BCUT2D eigenvalue weighted by Gasteiger charge is 2.50. The van der Waals surface area contributed by atoms with Crippen molar-refractivity contribution in [3.8, 4) is 5.75 Å². The van der Waals surface area contributed by atoms with Crippen LogP contribution in [0, 0.1) is 0 Å². The number of piperidine rings is 1. The van der Waals surface area contributed by atoms with Gasteiger partial charge >= 0.3 is 6.18 Å². The van der Waals surface area contributed by atoms with E-state index in [-0.39, 0.29) is 65.3 Å². The van der Waals surface area contributed by atoms with Gasteiger partial charge in [0, 0.05) is 44.8 Å². The lowest BCUT2D eigenvalue weighted by molar-refractivity contribution is -0.137. The molecule has 2 N–H and O–H groups in total. The number of rotatable bonds is 6. The van der Waals surface area contributed by atoms with Crippen LogP contribution in [0.25, 0.3) is 11.4 Å². The fourth-order valence-electron chi connectivity index (χ4n) is 7.45. The predicted molar refractivity (Wildman–Crippen MR) is 191 cm³/mol. The Kier molecular flexibility index (Phi) is 9.03. The van der Waals surface area contributed by atoms with Gasteiger partial charge in [-0.05, 0) is 68.2 Å². The lowest BCUT2D eigenvalue weighted by atomic mass is 9.85. The molecule has 0 aliphatic carbocycles. The molecule has 0 radical (unpaired) electrons. The number of likely N-dealkylation sites (tertiary alicyclic amines) is 1. The lowest BCUT2D eigenvalue weighted by Gasteiger charge is -2.39. The van der Waals surface area contributed by atoms with Crippen LogP contribution >= 0.6 is 11.6 Å². The number of amides is 2. The first-order chi connectivity index (χ1) is 26.3. The number of halogens is 4. The van der Waals surface area contributed by atoms with Crippen LogP contribution in [0.1, 0.15) is 65.4 Å². The molecule has 7 heterocycles. The molecular formula is C36H32ClF3N10O5. The van der Waals surface area contributed by atoms with Gasteiger partial charge in [0.1, 0.15) is 17.9 Å². The first-order valence-corrected chi connectivity index (χ1v) is 17.7. The second-order valence-corrected chi connectivity index (χ2v) is 13.8. The molecule has 15 nitrogen and oxygen atoms in total. The highest BCUT2D eigenvalue weighted by Crippen LogP contribution is 2.48. The van der Waals surface area contributed by atoms with E-state index in [4.69, 9.17) is 21.3 Å². The van der Waals surface area contributed by atoms with E-state index in [9.17, 15) is 32.7 Å². The molecule has 2 amide bonds. The molecule has 4 aromatic heterocycles. The number of alkyl halides is 3. The molecule has 3 aliphatic rings. The van der Waals surface area contributed by atoms with Crippen molar-refractivity contribution in [3.63, 3.8) is 0 Å². The minimum absolute atomic E-state index is 0.0356. The number of fused-ring (bicyclic) bond motifs is 3. The third-order valence-electron chi connectivity index (χ3n) is 10.1. The standard InChI is InChI=1S/C36H32ClF3N10O5/c1-20-29-27(35(55-20)9-16-47(17-10-35)32(54)28-25(51)4-2-11-41-28)31(53)50-34(45-30(46-50)21-7-14-48(15-8-21)33-42-12-3-13-43-33)49(29)19-26(52)44-24-6-5-22(18-23(24)37)36(38,39)40/h2-7,11-13,18,20,51H,8-10,14-17,19H2,1H3,(H,44,52)/t20-/m1/s1. The number of aromatic hydroxyl groups is 1. The molecular weight excluding hydrogens is 745 g/mol. The molecule has 1 fully saturated rings. The van der Waals surface area contributed by atoms with Gasteiger partial charge < -0.3 is 29.5 Å². The van der Waals surface area contributed by atoms with Gasteiger partial charge in [0.2, 0.25) is 17.6 Å². The molecule has 5 aromatic rings. The number of carbonyl (C=O) groups is 2. The van der Waals surface area contributed by atoms with Gasteiger partial charge in [-0.2, -0.15) is 22.7 Å². The summed E-state index contributed by atoms with van der Waals surface area (Å²) < 4.78 is 49.1. The first kappa shape index (κ1) is 36.1.